The van der Waals surface area contributed by atoms with Crippen LogP contribution in [0.4, 0.5) is 5.69 Å². The Kier molecular flexibility index (Phi) is 6.33. The Morgan fingerprint density at radius 1 is 1.03 bits per heavy atom. The molecule has 3 aromatic rings. The Hall–Kier alpha value is -3.55. The number of fused-ring (bicyclic) bond motifs is 1. The maximum atomic E-state index is 11.9. The van der Waals surface area contributed by atoms with E-state index in [9.17, 15) is 14.4 Å². The fraction of sp³-hybridized carbons (Fsp3) is 0.286. The van der Waals surface area contributed by atoms with E-state index in [2.05, 4.69) is 16.2 Å². The molecule has 3 rings (SSSR count). The van der Waals surface area contributed by atoms with E-state index in [0.29, 0.717) is 24.1 Å². The van der Waals surface area contributed by atoms with Gasteiger partial charge in [-0.15, -0.1) is 0 Å². The van der Waals surface area contributed by atoms with E-state index in [1.165, 1.54) is 4.57 Å². The second-order valence-electron chi connectivity index (χ2n) is 6.86. The van der Waals surface area contributed by atoms with E-state index in [0.717, 1.165) is 16.8 Å². The van der Waals surface area contributed by atoms with Crippen LogP contribution in [0.25, 0.3) is 11.1 Å². The second-order valence-corrected chi connectivity index (χ2v) is 6.86. The predicted octanol–water partition coefficient (Wildman–Crippen LogP) is 2.25. The molecule has 0 atom stereocenters. The van der Waals surface area contributed by atoms with Gasteiger partial charge in [0.2, 0.25) is 5.91 Å². The Balaban J connectivity index is 1.40. The van der Waals surface area contributed by atoms with Gasteiger partial charge in [-0.25, -0.2) is 4.79 Å². The van der Waals surface area contributed by atoms with Gasteiger partial charge in [0.05, 0.1) is 12.1 Å². The fourth-order valence-electron chi connectivity index (χ4n) is 3.06. The second kappa shape index (κ2) is 9.09. The number of hydrazine groups is 1. The number of carbonyl (C=O) groups is 2. The zero-order valence-corrected chi connectivity index (χ0v) is 16.5. The first-order chi connectivity index (χ1) is 13.9. The highest BCUT2D eigenvalue weighted by molar-refractivity contribution is 5.84. The minimum Gasteiger partial charge on any atom is -0.408 e. The summed E-state index contributed by atoms with van der Waals surface area (Å²) < 4.78 is 6.65. The number of carbonyl (C=O) groups excluding carboxylic acids is 2. The van der Waals surface area contributed by atoms with Crippen LogP contribution in [0.3, 0.4) is 0 Å². The van der Waals surface area contributed by atoms with Crippen molar-refractivity contribution in [1.82, 2.24) is 15.4 Å². The monoisotopic (exact) mass is 396 g/mol. The molecule has 2 aromatic carbocycles. The first kappa shape index (κ1) is 20.2. The van der Waals surface area contributed by atoms with Gasteiger partial charge in [0.25, 0.3) is 5.91 Å². The molecule has 152 valence electrons. The number of anilines is 1. The van der Waals surface area contributed by atoms with Gasteiger partial charge in [0, 0.05) is 18.7 Å². The highest BCUT2D eigenvalue weighted by atomic mass is 16.4. The molecule has 0 saturated carbocycles. The summed E-state index contributed by atoms with van der Waals surface area (Å²) in [7, 11) is 0. The predicted molar refractivity (Wildman–Crippen MR) is 110 cm³/mol. The lowest BCUT2D eigenvalue weighted by Gasteiger charge is -2.11. The quantitative estimate of drug-likeness (QED) is 0.531. The van der Waals surface area contributed by atoms with E-state index < -0.39 is 5.76 Å². The van der Waals surface area contributed by atoms with Crippen LogP contribution in [0.2, 0.25) is 0 Å². The number of hydrogen-bond acceptors (Lipinski definition) is 5. The summed E-state index contributed by atoms with van der Waals surface area (Å²) in [5.74, 6) is -1.13. The van der Waals surface area contributed by atoms with Gasteiger partial charge in [-0.2, -0.15) is 0 Å². The Bertz CT molecular complexity index is 1080. The molecular formula is C21H24N4O4. The fourth-order valence-corrected chi connectivity index (χ4v) is 3.06. The van der Waals surface area contributed by atoms with Gasteiger partial charge in [0.15, 0.2) is 5.58 Å². The average Bonchev–Trinajstić information content (AvgIpc) is 3.01. The lowest BCUT2D eigenvalue weighted by molar-refractivity contribution is -0.128. The molecule has 0 fully saturated rings. The number of para-hydroxylation sites is 2. The molecule has 1 heterocycles. The first-order valence-corrected chi connectivity index (χ1v) is 9.41. The van der Waals surface area contributed by atoms with E-state index in [1.54, 1.807) is 18.2 Å². The molecule has 0 aliphatic carbocycles. The van der Waals surface area contributed by atoms with Crippen molar-refractivity contribution in [3.63, 3.8) is 0 Å². The van der Waals surface area contributed by atoms with Crippen LogP contribution >= 0.6 is 0 Å². The number of hydrogen-bond donors (Lipinski definition) is 3. The number of benzene rings is 2. The molecule has 0 aliphatic heterocycles. The molecule has 8 heteroatoms. The van der Waals surface area contributed by atoms with Gasteiger partial charge in [0.1, 0.15) is 0 Å². The molecule has 1 aromatic heterocycles. The summed E-state index contributed by atoms with van der Waals surface area (Å²) in [5.41, 5.74) is 9.05. The highest BCUT2D eigenvalue weighted by Crippen LogP contribution is 2.15. The summed E-state index contributed by atoms with van der Waals surface area (Å²) in [6.45, 7) is 4.36. The van der Waals surface area contributed by atoms with Crippen LogP contribution < -0.4 is 21.9 Å². The van der Waals surface area contributed by atoms with Gasteiger partial charge in [-0.05, 0) is 44.0 Å². The Labute approximate surface area is 167 Å². The Morgan fingerprint density at radius 2 is 1.79 bits per heavy atom. The maximum absolute atomic E-state index is 11.9. The number of aryl methyl sites for hydroxylation is 3. The molecule has 3 N–H and O–H groups in total. The standard InChI is InChI=1S/C21H24N4O4/c1-14-9-10-16(15(2)12-14)22-13-20(27)24-23-19(26)8-5-11-25-17-6-3-4-7-18(17)29-21(25)28/h3-4,6-7,9-10,12,22H,5,8,11,13H2,1-2H3,(H,23,26)(H,24,27). The zero-order chi connectivity index (χ0) is 20.8. The van der Waals surface area contributed by atoms with Crippen molar-refractivity contribution in [2.24, 2.45) is 0 Å². The molecule has 0 saturated heterocycles. The highest BCUT2D eigenvalue weighted by Gasteiger charge is 2.10. The van der Waals surface area contributed by atoms with E-state index in [4.69, 9.17) is 4.42 Å². The van der Waals surface area contributed by atoms with Crippen molar-refractivity contribution in [3.8, 4) is 0 Å². The summed E-state index contributed by atoms with van der Waals surface area (Å²) in [4.78, 5) is 35.7. The SMILES string of the molecule is Cc1ccc(NCC(=O)NNC(=O)CCCn2c(=O)oc3ccccc32)c(C)c1. The normalized spacial score (nSPS) is 10.7. The molecule has 0 aliphatic rings. The van der Waals surface area contributed by atoms with Crippen molar-refractivity contribution >= 4 is 28.6 Å². The van der Waals surface area contributed by atoms with Gasteiger partial charge in [-0.3, -0.25) is 25.0 Å². The van der Waals surface area contributed by atoms with Crippen LogP contribution in [0.15, 0.2) is 51.7 Å². The lowest BCUT2D eigenvalue weighted by Crippen LogP contribution is -2.44. The molecule has 29 heavy (non-hydrogen) atoms. The third-order valence-corrected chi connectivity index (χ3v) is 4.52. The van der Waals surface area contributed by atoms with E-state index >= 15 is 0 Å². The summed E-state index contributed by atoms with van der Waals surface area (Å²) >= 11 is 0. The van der Waals surface area contributed by atoms with Gasteiger partial charge < -0.3 is 9.73 Å². The van der Waals surface area contributed by atoms with Crippen molar-refractivity contribution in [3.05, 3.63) is 64.1 Å². The van der Waals surface area contributed by atoms with Crippen LogP contribution in [-0.4, -0.2) is 22.9 Å². The molecule has 8 nitrogen and oxygen atoms in total. The average molecular weight is 396 g/mol. The zero-order valence-electron chi connectivity index (χ0n) is 16.5. The number of rotatable bonds is 7. The minimum atomic E-state index is -0.447. The number of oxazole rings is 1. The Morgan fingerprint density at radius 3 is 2.59 bits per heavy atom. The molecule has 0 unspecified atom stereocenters. The van der Waals surface area contributed by atoms with Crippen molar-refractivity contribution in [2.75, 3.05) is 11.9 Å². The largest absolute Gasteiger partial charge is 0.419 e. The summed E-state index contributed by atoms with van der Waals surface area (Å²) in [5, 5.41) is 3.04. The first-order valence-electron chi connectivity index (χ1n) is 9.41. The van der Waals surface area contributed by atoms with Crippen LogP contribution in [0, 0.1) is 13.8 Å². The van der Waals surface area contributed by atoms with E-state index in [-0.39, 0.29) is 24.8 Å². The third-order valence-electron chi connectivity index (χ3n) is 4.52. The number of nitrogens with one attached hydrogen (secondary N) is 3. The number of amides is 2. The molecule has 0 bridgehead atoms. The number of nitrogens with zero attached hydrogens (tertiary/aromatic N) is 1. The molecule has 2 amide bonds. The van der Waals surface area contributed by atoms with Crippen molar-refractivity contribution in [1.29, 1.82) is 0 Å². The summed E-state index contributed by atoms with van der Waals surface area (Å²) in [6.07, 6.45) is 0.600. The number of aromatic nitrogens is 1. The molecular weight excluding hydrogens is 372 g/mol. The topological polar surface area (TPSA) is 105 Å². The van der Waals surface area contributed by atoms with E-state index in [1.807, 2.05) is 38.1 Å². The smallest absolute Gasteiger partial charge is 0.408 e. The third kappa shape index (κ3) is 5.25. The maximum Gasteiger partial charge on any atom is 0.419 e. The van der Waals surface area contributed by atoms with Gasteiger partial charge in [-0.1, -0.05) is 29.8 Å². The minimum absolute atomic E-state index is 0.0422. The molecule has 0 spiro atoms. The van der Waals surface area contributed by atoms with Crippen LogP contribution in [0.1, 0.15) is 24.0 Å². The molecule has 0 radical (unpaired) electrons. The van der Waals surface area contributed by atoms with Crippen LogP contribution in [0.5, 0.6) is 0 Å². The summed E-state index contributed by atoms with van der Waals surface area (Å²) in [6, 6.07) is 13.0. The lowest BCUT2D eigenvalue weighted by atomic mass is 10.1. The van der Waals surface area contributed by atoms with Crippen LogP contribution in [-0.2, 0) is 16.1 Å². The van der Waals surface area contributed by atoms with Crippen molar-refractivity contribution < 1.29 is 14.0 Å². The van der Waals surface area contributed by atoms with Gasteiger partial charge >= 0.3 is 5.76 Å². The van der Waals surface area contributed by atoms with Crippen molar-refractivity contribution in [2.45, 2.75) is 33.2 Å².